The molecule has 4 fully saturated rings. The van der Waals surface area contributed by atoms with Crippen molar-refractivity contribution in [2.24, 2.45) is 21.7 Å². The number of nitrogens with zero attached hydrogens (tertiary/aromatic N) is 5. The van der Waals surface area contributed by atoms with Crippen molar-refractivity contribution in [3.63, 3.8) is 0 Å². The van der Waals surface area contributed by atoms with Crippen molar-refractivity contribution in [2.45, 2.75) is 69.4 Å². The summed E-state index contributed by atoms with van der Waals surface area (Å²) < 4.78 is 6.25. The molecule has 3 N–H and O–H groups in total. The third-order valence-electron chi connectivity index (χ3n) is 9.30. The van der Waals surface area contributed by atoms with Crippen LogP contribution in [0.2, 0.25) is 0 Å². The number of pyridine rings is 1. The molecule has 2 saturated heterocycles. The number of hydrogen-bond acceptors (Lipinski definition) is 7. The maximum Gasteiger partial charge on any atom is 0.268 e. The lowest BCUT2D eigenvalue weighted by Gasteiger charge is -2.35. The van der Waals surface area contributed by atoms with E-state index < -0.39 is 0 Å². The van der Waals surface area contributed by atoms with E-state index in [0.717, 1.165) is 49.1 Å². The van der Waals surface area contributed by atoms with Crippen LogP contribution in [0.25, 0.3) is 0 Å². The number of aromatic nitrogens is 1. The molecule has 4 aliphatic heterocycles. The third kappa shape index (κ3) is 4.46. The molecule has 1 aromatic heterocycles. The summed E-state index contributed by atoms with van der Waals surface area (Å²) in [6.45, 7) is 0.650. The minimum atomic E-state index is -0.246. The molecule has 0 spiro atoms. The molecule has 214 valence electrons. The Labute approximate surface area is 244 Å². The van der Waals surface area contributed by atoms with Crippen molar-refractivity contribution in [3.05, 3.63) is 77.0 Å². The van der Waals surface area contributed by atoms with Crippen molar-refractivity contribution >= 4 is 29.7 Å². The van der Waals surface area contributed by atoms with Crippen LogP contribution in [0.15, 0.2) is 70.3 Å². The van der Waals surface area contributed by atoms with Crippen molar-refractivity contribution in [3.8, 4) is 5.75 Å². The van der Waals surface area contributed by atoms with Gasteiger partial charge >= 0.3 is 0 Å². The zero-order valence-corrected chi connectivity index (χ0v) is 23.4. The average molecular weight is 565 g/mol. The quantitative estimate of drug-likeness (QED) is 0.382. The number of nitrogens with two attached hydrogens (primary N) is 1. The Bertz CT molecular complexity index is 1620. The van der Waals surface area contributed by atoms with Gasteiger partial charge in [0.15, 0.2) is 0 Å². The van der Waals surface area contributed by atoms with Crippen molar-refractivity contribution in [1.82, 2.24) is 9.88 Å². The van der Waals surface area contributed by atoms with E-state index in [4.69, 9.17) is 15.6 Å². The second-order valence-corrected chi connectivity index (χ2v) is 12.3. The number of amidine groups is 1. The van der Waals surface area contributed by atoms with Crippen LogP contribution in [0, 0.1) is 5.92 Å². The van der Waals surface area contributed by atoms with Gasteiger partial charge in [0.1, 0.15) is 29.0 Å². The van der Waals surface area contributed by atoms with Gasteiger partial charge in [-0.25, -0.2) is 4.98 Å². The van der Waals surface area contributed by atoms with Crippen LogP contribution in [-0.4, -0.2) is 57.0 Å². The molecule has 2 aliphatic carbocycles. The summed E-state index contributed by atoms with van der Waals surface area (Å²) in [4.78, 5) is 41.8. The Hall–Kier alpha value is -4.15. The highest BCUT2D eigenvalue weighted by Gasteiger charge is 2.49. The molecule has 2 amide bonds. The molecule has 0 bridgehead atoms. The molecular weight excluding hydrogens is 530 g/mol. The van der Waals surface area contributed by atoms with Gasteiger partial charge in [-0.1, -0.05) is 0 Å². The van der Waals surface area contributed by atoms with Crippen molar-refractivity contribution < 1.29 is 18.9 Å². The van der Waals surface area contributed by atoms with Gasteiger partial charge in [0.2, 0.25) is 11.6 Å². The summed E-state index contributed by atoms with van der Waals surface area (Å²) in [5.41, 5.74) is 4.12. The minimum absolute atomic E-state index is 0.0755. The molecule has 1 unspecified atom stereocenters. The normalized spacial score (nSPS) is 28.1. The molecule has 2 aromatic rings. The highest BCUT2D eigenvalue weighted by atomic mass is 16.5. The first-order chi connectivity index (χ1) is 20.5. The monoisotopic (exact) mass is 564 g/mol. The lowest BCUT2D eigenvalue weighted by Crippen LogP contribution is -2.53. The number of benzene rings is 1. The molecular formula is C32H34N7O3+. The van der Waals surface area contributed by atoms with Crippen LogP contribution in [-0.2, 0) is 4.79 Å². The molecule has 42 heavy (non-hydrogen) atoms. The number of amides is 2. The van der Waals surface area contributed by atoms with Crippen molar-refractivity contribution in [1.29, 1.82) is 0 Å². The van der Waals surface area contributed by atoms with E-state index in [0.29, 0.717) is 47.9 Å². The van der Waals surface area contributed by atoms with E-state index in [1.165, 1.54) is 18.4 Å². The second-order valence-electron chi connectivity index (χ2n) is 12.3. The number of aliphatic imine (C=N–C) groups is 2. The molecule has 10 nitrogen and oxygen atoms in total. The largest absolute Gasteiger partial charge is 0.489 e. The smallest absolute Gasteiger partial charge is 0.268 e. The van der Waals surface area contributed by atoms with Crippen molar-refractivity contribution in [2.75, 3.05) is 11.9 Å². The highest BCUT2D eigenvalue weighted by Crippen LogP contribution is 2.43. The third-order valence-corrected chi connectivity index (χ3v) is 9.30. The maximum absolute atomic E-state index is 13.3. The van der Waals surface area contributed by atoms with Gasteiger partial charge in [-0.15, -0.1) is 4.59 Å². The summed E-state index contributed by atoms with van der Waals surface area (Å²) >= 11 is 0. The van der Waals surface area contributed by atoms with Gasteiger partial charge in [0.25, 0.3) is 11.7 Å². The molecule has 0 radical (unpaired) electrons. The van der Waals surface area contributed by atoms with Gasteiger partial charge in [0, 0.05) is 36.7 Å². The Morgan fingerprint density at radius 3 is 2.74 bits per heavy atom. The number of quaternary nitrogens is 1. The van der Waals surface area contributed by atoms with Gasteiger partial charge < -0.3 is 15.0 Å². The first-order valence-corrected chi connectivity index (χ1v) is 15.1. The minimum Gasteiger partial charge on any atom is -0.489 e. The van der Waals surface area contributed by atoms with Gasteiger partial charge in [-0.3, -0.25) is 14.6 Å². The van der Waals surface area contributed by atoms with E-state index >= 15 is 0 Å². The Balaban J connectivity index is 1.12. The van der Waals surface area contributed by atoms with Gasteiger partial charge in [-0.05, 0) is 86.8 Å². The highest BCUT2D eigenvalue weighted by molar-refractivity contribution is 6.07. The SMILES string of the molecule is N[N+]12C=CN=CC1=C([C@@H]1CC[C@H]3CCC(=O)N3C1)N=C2c1ccc(C(=O)Nc2cc(C3CC3)ccn2)cc1OC1CC1. The number of rotatable bonds is 7. The molecule has 6 aliphatic rings. The van der Waals surface area contributed by atoms with Crippen LogP contribution < -0.4 is 15.9 Å². The number of anilines is 1. The zero-order valence-electron chi connectivity index (χ0n) is 23.4. The molecule has 8 rings (SSSR count). The zero-order chi connectivity index (χ0) is 28.4. The van der Waals surface area contributed by atoms with Crippen LogP contribution in [0.5, 0.6) is 5.75 Å². The van der Waals surface area contributed by atoms with E-state index in [2.05, 4.69) is 15.3 Å². The van der Waals surface area contributed by atoms with E-state index in [1.807, 2.05) is 29.3 Å². The molecule has 2 saturated carbocycles. The van der Waals surface area contributed by atoms with Gasteiger partial charge in [-0.2, -0.15) is 10.8 Å². The fourth-order valence-corrected chi connectivity index (χ4v) is 6.66. The topological polar surface area (TPSA) is 122 Å². The summed E-state index contributed by atoms with van der Waals surface area (Å²) in [6, 6.07) is 9.77. The van der Waals surface area contributed by atoms with E-state index in [1.54, 1.807) is 30.7 Å². The Kier molecular flexibility index (Phi) is 5.91. The molecule has 3 atom stereocenters. The number of allylic oxidation sites excluding steroid dienone is 1. The number of nitrogens with one attached hydrogen (secondary N) is 1. The first-order valence-electron chi connectivity index (χ1n) is 15.1. The van der Waals surface area contributed by atoms with E-state index in [9.17, 15) is 9.59 Å². The number of carbonyl (C=O) groups is 2. The molecule has 10 heteroatoms. The fourth-order valence-electron chi connectivity index (χ4n) is 6.66. The second kappa shape index (κ2) is 9.71. The van der Waals surface area contributed by atoms with E-state index in [-0.39, 0.29) is 28.4 Å². The number of ether oxygens (including phenoxy) is 1. The first kappa shape index (κ1) is 25.6. The van der Waals surface area contributed by atoms with Crippen LogP contribution in [0.4, 0.5) is 5.82 Å². The number of carbonyl (C=O) groups excluding carboxylic acids is 2. The predicted molar refractivity (Wildman–Crippen MR) is 157 cm³/mol. The van der Waals surface area contributed by atoms with Crippen LogP contribution in [0.3, 0.4) is 0 Å². The summed E-state index contributed by atoms with van der Waals surface area (Å²) in [5, 5.41) is 2.96. The maximum atomic E-state index is 13.3. The van der Waals surface area contributed by atoms with Crippen LogP contribution in [0.1, 0.15) is 78.8 Å². The standard InChI is InChI=1S/C32H33N7O3/c33-39-14-13-34-17-26(39)30(22-3-5-23-6-10-29(40)38(23)18-22)37-31(39)25-9-4-21(15-27(25)42-24-7-8-24)32(41)36-28-16-20(11-12-35-28)19-1-2-19/h4,9,11-17,19,22-24H,1-3,5-8,10,18,33H2/p+1/t22-,23+,39?/m1/s1. The fraction of sp³-hybridized carbons (Fsp3) is 0.406. The van der Waals surface area contributed by atoms with Crippen LogP contribution >= 0.6 is 0 Å². The summed E-state index contributed by atoms with van der Waals surface area (Å²) in [6.07, 6.45) is 14.9. The summed E-state index contributed by atoms with van der Waals surface area (Å²) in [7, 11) is 0. The Morgan fingerprint density at radius 2 is 1.90 bits per heavy atom. The number of piperidine rings is 1. The van der Waals surface area contributed by atoms with Gasteiger partial charge in [0.05, 0.1) is 18.5 Å². The lowest BCUT2D eigenvalue weighted by molar-refractivity contribution is -0.750. The summed E-state index contributed by atoms with van der Waals surface area (Å²) in [5.74, 6) is 9.47. The molecule has 5 heterocycles. The Morgan fingerprint density at radius 1 is 1.05 bits per heavy atom. The lowest BCUT2D eigenvalue weighted by atomic mass is 9.90. The molecule has 1 aromatic carbocycles. The number of hydrogen-bond donors (Lipinski definition) is 2. The average Bonchev–Trinajstić information content (AvgIpc) is 3.94. The number of fused-ring (bicyclic) bond motifs is 2. The predicted octanol–water partition coefficient (Wildman–Crippen LogP) is 4.37.